The van der Waals surface area contributed by atoms with Crippen LogP contribution in [0.15, 0.2) is 66.1 Å². The number of sulfonamides is 1. The van der Waals surface area contributed by atoms with Crippen molar-refractivity contribution in [1.29, 1.82) is 0 Å². The summed E-state index contributed by atoms with van der Waals surface area (Å²) >= 11 is 0. The monoisotopic (exact) mass is 410 g/mol. The van der Waals surface area contributed by atoms with Crippen LogP contribution in [0.4, 0.5) is 13.2 Å². The zero-order valence-electron chi connectivity index (χ0n) is 15.0. The molecule has 1 aromatic heterocycles. The van der Waals surface area contributed by atoms with E-state index < -0.39 is 32.7 Å². The van der Waals surface area contributed by atoms with Gasteiger partial charge in [-0.05, 0) is 36.8 Å². The number of aromatic nitrogens is 3. The Morgan fingerprint density at radius 1 is 1.07 bits per heavy atom. The van der Waals surface area contributed by atoms with Crippen LogP contribution in [-0.2, 0) is 16.2 Å². The molecule has 3 rings (SSSR count). The van der Waals surface area contributed by atoms with E-state index in [9.17, 15) is 21.6 Å². The first-order chi connectivity index (χ1) is 13.1. The van der Waals surface area contributed by atoms with Gasteiger partial charge in [-0.1, -0.05) is 24.3 Å². The van der Waals surface area contributed by atoms with Crippen LogP contribution in [0.1, 0.15) is 24.1 Å². The van der Waals surface area contributed by atoms with Gasteiger partial charge in [0, 0.05) is 13.1 Å². The van der Waals surface area contributed by atoms with E-state index in [0.29, 0.717) is 5.56 Å². The largest absolute Gasteiger partial charge is 0.417 e. The second-order valence-corrected chi connectivity index (χ2v) is 8.09. The molecule has 0 aliphatic rings. The molecule has 0 aliphatic carbocycles. The number of rotatable bonds is 5. The van der Waals surface area contributed by atoms with Gasteiger partial charge in [0.2, 0.25) is 10.0 Å². The lowest BCUT2D eigenvalue weighted by atomic mass is 10.1. The number of hydrogen-bond acceptors (Lipinski definition) is 4. The van der Waals surface area contributed by atoms with Gasteiger partial charge < -0.3 is 0 Å². The number of nitrogens with zero attached hydrogens (tertiary/aromatic N) is 4. The van der Waals surface area contributed by atoms with Crippen molar-refractivity contribution in [2.45, 2.75) is 24.0 Å². The highest BCUT2D eigenvalue weighted by Gasteiger charge is 2.39. The lowest BCUT2D eigenvalue weighted by molar-refractivity contribution is -0.139. The van der Waals surface area contributed by atoms with Crippen molar-refractivity contribution in [3.63, 3.8) is 0 Å². The molecule has 0 spiro atoms. The average Bonchev–Trinajstić information content (AvgIpc) is 3.21. The third-order valence-corrected chi connectivity index (χ3v) is 6.44. The lowest BCUT2D eigenvalue weighted by Crippen LogP contribution is -2.31. The van der Waals surface area contributed by atoms with Gasteiger partial charge in [-0.3, -0.25) is 0 Å². The van der Waals surface area contributed by atoms with E-state index in [0.717, 1.165) is 28.2 Å². The predicted octanol–water partition coefficient (Wildman–Crippen LogP) is 3.67. The van der Waals surface area contributed by atoms with Gasteiger partial charge in [0.05, 0.1) is 16.1 Å². The molecule has 3 aromatic rings. The minimum absolute atomic E-state index is 0.624. The van der Waals surface area contributed by atoms with Crippen LogP contribution in [0.3, 0.4) is 0 Å². The molecule has 6 nitrogen and oxygen atoms in total. The van der Waals surface area contributed by atoms with E-state index >= 15 is 0 Å². The quantitative estimate of drug-likeness (QED) is 0.644. The molecule has 148 valence electrons. The maximum absolute atomic E-state index is 13.2. The zero-order valence-corrected chi connectivity index (χ0v) is 15.8. The Morgan fingerprint density at radius 3 is 2.29 bits per heavy atom. The summed E-state index contributed by atoms with van der Waals surface area (Å²) in [4.78, 5) is 3.08. The van der Waals surface area contributed by atoms with Crippen LogP contribution < -0.4 is 0 Å². The van der Waals surface area contributed by atoms with Crippen molar-refractivity contribution >= 4 is 10.0 Å². The van der Waals surface area contributed by atoms with E-state index in [4.69, 9.17) is 0 Å². The van der Waals surface area contributed by atoms with E-state index in [-0.39, 0.29) is 0 Å². The van der Waals surface area contributed by atoms with Gasteiger partial charge in [0.1, 0.15) is 12.7 Å². The molecule has 28 heavy (non-hydrogen) atoms. The van der Waals surface area contributed by atoms with Crippen LogP contribution in [0.5, 0.6) is 0 Å². The van der Waals surface area contributed by atoms with Gasteiger partial charge in [-0.2, -0.15) is 22.6 Å². The summed E-state index contributed by atoms with van der Waals surface area (Å²) in [6.45, 7) is 1.61. The molecule has 2 aromatic carbocycles. The number of benzene rings is 2. The third-order valence-electron chi connectivity index (χ3n) is 4.45. The number of halogens is 3. The number of hydrogen-bond donors (Lipinski definition) is 0. The Kier molecular flexibility index (Phi) is 5.26. The van der Waals surface area contributed by atoms with Crippen molar-refractivity contribution in [3.8, 4) is 5.69 Å². The second-order valence-electron chi connectivity index (χ2n) is 6.12. The van der Waals surface area contributed by atoms with Gasteiger partial charge in [0.15, 0.2) is 0 Å². The fourth-order valence-electron chi connectivity index (χ4n) is 2.75. The molecule has 0 N–H and O–H groups in total. The molecule has 0 aliphatic heterocycles. The van der Waals surface area contributed by atoms with Crippen LogP contribution in [0.2, 0.25) is 0 Å². The smallest absolute Gasteiger partial charge is 0.223 e. The fraction of sp³-hybridized carbons (Fsp3) is 0.222. The first-order valence-corrected chi connectivity index (χ1v) is 9.65. The highest BCUT2D eigenvalue weighted by molar-refractivity contribution is 7.89. The SMILES string of the molecule is C[C@@H](c1ccc(-n2cncn2)cc1)N(C)S(=O)(=O)c1ccccc1C(F)(F)F. The minimum Gasteiger partial charge on any atom is -0.223 e. The van der Waals surface area contributed by atoms with Gasteiger partial charge in [-0.25, -0.2) is 18.1 Å². The topological polar surface area (TPSA) is 68.1 Å². The van der Waals surface area contributed by atoms with Crippen molar-refractivity contribution in [3.05, 3.63) is 72.3 Å². The molecule has 0 saturated heterocycles. The van der Waals surface area contributed by atoms with Crippen LogP contribution in [-0.4, -0.2) is 34.5 Å². The maximum Gasteiger partial charge on any atom is 0.417 e. The Balaban J connectivity index is 1.92. The maximum atomic E-state index is 13.2. The Bertz CT molecular complexity index is 1050. The van der Waals surface area contributed by atoms with Crippen LogP contribution >= 0.6 is 0 Å². The molecule has 0 bridgehead atoms. The Labute approximate surface area is 160 Å². The highest BCUT2D eigenvalue weighted by Crippen LogP contribution is 2.36. The molecule has 0 saturated carbocycles. The Morgan fingerprint density at radius 2 is 1.71 bits per heavy atom. The summed E-state index contributed by atoms with van der Waals surface area (Å²) in [5, 5.41) is 4.00. The van der Waals surface area contributed by atoms with Crippen molar-refractivity contribution < 1.29 is 21.6 Å². The normalized spacial score (nSPS) is 13.6. The summed E-state index contributed by atoms with van der Waals surface area (Å²) < 4.78 is 68.0. The summed E-state index contributed by atoms with van der Waals surface area (Å²) in [6.07, 6.45) is -1.87. The second kappa shape index (κ2) is 7.36. The van der Waals surface area contributed by atoms with E-state index in [1.54, 1.807) is 31.2 Å². The first-order valence-electron chi connectivity index (χ1n) is 8.21. The van der Waals surface area contributed by atoms with Crippen LogP contribution in [0, 0.1) is 0 Å². The molecule has 0 amide bonds. The molecule has 1 heterocycles. The van der Waals surface area contributed by atoms with Gasteiger partial charge in [0.25, 0.3) is 0 Å². The number of alkyl halides is 3. The highest BCUT2D eigenvalue weighted by atomic mass is 32.2. The van der Waals surface area contributed by atoms with Crippen molar-refractivity contribution in [2.75, 3.05) is 7.05 Å². The van der Waals surface area contributed by atoms with Crippen molar-refractivity contribution in [2.24, 2.45) is 0 Å². The van der Waals surface area contributed by atoms with E-state index in [1.165, 1.54) is 30.5 Å². The van der Waals surface area contributed by atoms with E-state index in [1.807, 2.05) is 0 Å². The molecular weight excluding hydrogens is 393 g/mol. The molecule has 10 heteroatoms. The standard InChI is InChI=1S/C18H17F3N4O2S/c1-13(14-7-9-15(10-8-14)25-12-22-11-23-25)24(2)28(26,27)17-6-4-3-5-16(17)18(19,20)21/h3-13H,1-2H3/t13-/m0/s1. The molecule has 0 unspecified atom stereocenters. The Hall–Kier alpha value is -2.72. The minimum atomic E-state index is -4.77. The van der Waals surface area contributed by atoms with Gasteiger partial charge >= 0.3 is 6.18 Å². The lowest BCUT2D eigenvalue weighted by Gasteiger charge is -2.26. The zero-order chi connectivity index (χ0) is 20.5. The summed E-state index contributed by atoms with van der Waals surface area (Å²) in [6, 6.07) is 10.3. The average molecular weight is 410 g/mol. The summed E-state index contributed by atoms with van der Waals surface area (Å²) in [5.41, 5.74) is 0.163. The molecule has 1 atom stereocenters. The fourth-order valence-corrected chi connectivity index (χ4v) is 4.31. The van der Waals surface area contributed by atoms with Gasteiger partial charge in [-0.15, -0.1) is 0 Å². The molecule has 0 radical (unpaired) electrons. The summed E-state index contributed by atoms with van der Waals surface area (Å²) in [7, 11) is -3.11. The van der Waals surface area contributed by atoms with E-state index in [2.05, 4.69) is 10.1 Å². The predicted molar refractivity (Wildman–Crippen MR) is 96.2 cm³/mol. The van der Waals surface area contributed by atoms with Crippen LogP contribution in [0.25, 0.3) is 5.69 Å². The summed E-state index contributed by atoms with van der Waals surface area (Å²) in [5.74, 6) is 0. The third kappa shape index (κ3) is 3.78. The van der Waals surface area contributed by atoms with Crippen molar-refractivity contribution in [1.82, 2.24) is 19.1 Å². The molecular formula is C18H17F3N4O2S. The first kappa shape index (κ1) is 20.0. The molecule has 0 fully saturated rings.